The van der Waals surface area contributed by atoms with Gasteiger partial charge in [-0.1, -0.05) is 36.4 Å². The maximum absolute atomic E-state index is 12.5. The van der Waals surface area contributed by atoms with Crippen LogP contribution in [0.4, 0.5) is 11.4 Å². The molecule has 2 aromatic carbocycles. The van der Waals surface area contributed by atoms with Gasteiger partial charge >= 0.3 is 0 Å². The first-order valence-corrected chi connectivity index (χ1v) is 11.8. The zero-order valence-corrected chi connectivity index (χ0v) is 18.8. The summed E-state index contributed by atoms with van der Waals surface area (Å²) in [6.07, 6.45) is 6.02. The van der Waals surface area contributed by atoms with Gasteiger partial charge in [-0.25, -0.2) is 0 Å². The summed E-state index contributed by atoms with van der Waals surface area (Å²) in [7, 11) is 0. The predicted octanol–water partition coefficient (Wildman–Crippen LogP) is 4.13. The Morgan fingerprint density at radius 3 is 2.48 bits per heavy atom. The Labute approximate surface area is 194 Å². The Hall–Kier alpha value is -3.25. The zero-order valence-electron chi connectivity index (χ0n) is 18.8. The van der Waals surface area contributed by atoms with Crippen LogP contribution < -0.4 is 20.0 Å². The van der Waals surface area contributed by atoms with Crippen LogP contribution >= 0.6 is 0 Å². The van der Waals surface area contributed by atoms with Gasteiger partial charge in [0.2, 0.25) is 11.2 Å². The molecule has 1 aromatic heterocycles. The Bertz CT molecular complexity index is 1160. The average molecular weight is 447 g/mol. The molecule has 3 heterocycles. The molecule has 1 N–H and O–H groups in total. The lowest BCUT2D eigenvalue weighted by Gasteiger charge is -2.30. The van der Waals surface area contributed by atoms with Crippen LogP contribution in [-0.2, 0) is 19.4 Å². The van der Waals surface area contributed by atoms with Gasteiger partial charge in [0.25, 0.3) is 0 Å². The number of hydrogen-bond acceptors (Lipinski definition) is 6. The van der Waals surface area contributed by atoms with Crippen LogP contribution in [0.5, 0.6) is 5.75 Å². The topological polar surface area (TPSA) is 66.2 Å². The van der Waals surface area contributed by atoms with E-state index in [1.54, 1.807) is 0 Å². The Morgan fingerprint density at radius 1 is 0.970 bits per heavy atom. The predicted molar refractivity (Wildman–Crippen MR) is 129 cm³/mol. The van der Waals surface area contributed by atoms with Crippen molar-refractivity contribution in [3.05, 3.63) is 88.0 Å². The minimum absolute atomic E-state index is 0.190. The van der Waals surface area contributed by atoms with Gasteiger partial charge in [0.05, 0.1) is 0 Å². The number of unbranched alkanes of at least 4 members (excludes halogenated alkanes) is 1. The van der Waals surface area contributed by atoms with E-state index in [0.717, 1.165) is 51.7 Å². The number of hydrogen-bond donors (Lipinski definition) is 1. The summed E-state index contributed by atoms with van der Waals surface area (Å²) in [6, 6.07) is 18.3. The molecule has 2 aliphatic heterocycles. The van der Waals surface area contributed by atoms with Crippen LogP contribution in [0, 0.1) is 0 Å². The van der Waals surface area contributed by atoms with E-state index >= 15 is 0 Å². The summed E-state index contributed by atoms with van der Waals surface area (Å²) in [4.78, 5) is 17.2. The normalized spacial score (nSPS) is 15.4. The smallest absolute Gasteiger partial charge is 0.227 e. The van der Waals surface area contributed by atoms with Crippen molar-refractivity contribution in [1.29, 1.82) is 0 Å². The average Bonchev–Trinajstić information content (AvgIpc) is 3.46. The van der Waals surface area contributed by atoms with Crippen molar-refractivity contribution in [2.45, 2.75) is 44.9 Å². The maximum Gasteiger partial charge on any atom is 0.227 e. The van der Waals surface area contributed by atoms with Crippen molar-refractivity contribution in [1.82, 2.24) is 0 Å². The van der Waals surface area contributed by atoms with Crippen molar-refractivity contribution < 1.29 is 14.3 Å². The molecule has 6 heteroatoms. The van der Waals surface area contributed by atoms with E-state index in [2.05, 4.69) is 52.3 Å². The lowest BCUT2D eigenvalue weighted by atomic mass is 10.1. The third kappa shape index (κ3) is 4.62. The number of anilines is 2. The SMILES string of the molecule is O=c1cc(CO)occ1OC(CCCCN1CCc2ccccc21)N1CCc2ccccc21. The van der Waals surface area contributed by atoms with Crippen molar-refractivity contribution >= 4 is 11.4 Å². The molecule has 33 heavy (non-hydrogen) atoms. The zero-order chi connectivity index (χ0) is 22.6. The number of para-hydroxylation sites is 2. The number of aliphatic hydroxyl groups is 1. The van der Waals surface area contributed by atoms with Crippen LogP contribution in [0.3, 0.4) is 0 Å². The lowest BCUT2D eigenvalue weighted by molar-refractivity contribution is 0.173. The van der Waals surface area contributed by atoms with E-state index in [4.69, 9.17) is 9.15 Å². The molecule has 0 spiro atoms. The molecular formula is C27H30N2O4. The molecule has 6 nitrogen and oxygen atoms in total. The summed E-state index contributed by atoms with van der Waals surface area (Å²) >= 11 is 0. The largest absolute Gasteiger partial charge is 0.463 e. The van der Waals surface area contributed by atoms with Crippen molar-refractivity contribution in [3.63, 3.8) is 0 Å². The summed E-state index contributed by atoms with van der Waals surface area (Å²) in [6.45, 7) is 2.66. The lowest BCUT2D eigenvalue weighted by Crippen LogP contribution is -2.39. The molecule has 3 aromatic rings. The molecule has 0 fully saturated rings. The molecular weight excluding hydrogens is 416 g/mol. The van der Waals surface area contributed by atoms with Gasteiger partial charge in [-0.2, -0.15) is 0 Å². The third-order valence-electron chi connectivity index (χ3n) is 6.65. The molecule has 172 valence electrons. The molecule has 0 saturated heterocycles. The Kier molecular flexibility index (Phi) is 6.35. The third-order valence-corrected chi connectivity index (χ3v) is 6.65. The highest BCUT2D eigenvalue weighted by atomic mass is 16.5. The molecule has 0 saturated carbocycles. The highest BCUT2D eigenvalue weighted by molar-refractivity contribution is 5.59. The fourth-order valence-corrected chi connectivity index (χ4v) is 4.96. The first-order chi connectivity index (χ1) is 16.2. The van der Waals surface area contributed by atoms with Gasteiger partial charge in [-0.05, 0) is 48.9 Å². The number of rotatable bonds is 9. The van der Waals surface area contributed by atoms with Crippen LogP contribution in [0.25, 0.3) is 0 Å². The van der Waals surface area contributed by atoms with Gasteiger partial charge in [-0.15, -0.1) is 0 Å². The quantitative estimate of drug-likeness (QED) is 0.499. The van der Waals surface area contributed by atoms with Gasteiger partial charge in [0.1, 0.15) is 18.6 Å². The second kappa shape index (κ2) is 9.71. The number of nitrogens with zero attached hydrogens (tertiary/aromatic N) is 2. The number of benzene rings is 2. The minimum atomic E-state index is -0.307. The number of ether oxygens (including phenoxy) is 1. The van der Waals surface area contributed by atoms with E-state index in [1.807, 2.05) is 6.07 Å². The fraction of sp³-hybridized carbons (Fsp3) is 0.370. The standard InChI is InChI=1S/C27H30N2O4/c30-18-22-17-25(31)26(19-32-22)33-27(29-16-13-21-8-2-4-10-24(21)29)11-5-6-14-28-15-12-20-7-1-3-9-23(20)28/h1-4,7-10,17,19,27,30H,5-6,11-16,18H2. The van der Waals surface area contributed by atoms with Gasteiger partial charge < -0.3 is 24.1 Å². The highest BCUT2D eigenvalue weighted by Crippen LogP contribution is 2.32. The summed E-state index contributed by atoms with van der Waals surface area (Å²) in [5.41, 5.74) is 5.01. The fourth-order valence-electron chi connectivity index (χ4n) is 4.96. The number of fused-ring (bicyclic) bond motifs is 2. The Balaban J connectivity index is 1.27. The van der Waals surface area contributed by atoms with Gasteiger partial charge in [0, 0.05) is 43.5 Å². The monoisotopic (exact) mass is 446 g/mol. The molecule has 0 aliphatic carbocycles. The molecule has 0 amide bonds. The molecule has 2 aliphatic rings. The second-order valence-corrected chi connectivity index (χ2v) is 8.74. The molecule has 1 atom stereocenters. The van der Waals surface area contributed by atoms with Crippen molar-refractivity contribution in [2.75, 3.05) is 29.4 Å². The Morgan fingerprint density at radius 2 is 1.70 bits per heavy atom. The highest BCUT2D eigenvalue weighted by Gasteiger charge is 2.28. The molecule has 1 unspecified atom stereocenters. The molecule has 5 rings (SSSR count). The van der Waals surface area contributed by atoms with Crippen LogP contribution in [0.15, 0.2) is 70.1 Å². The van der Waals surface area contributed by atoms with E-state index in [-0.39, 0.29) is 29.8 Å². The van der Waals surface area contributed by atoms with Crippen molar-refractivity contribution in [2.24, 2.45) is 0 Å². The van der Waals surface area contributed by atoms with Crippen LogP contribution in [0.2, 0.25) is 0 Å². The van der Waals surface area contributed by atoms with E-state index in [9.17, 15) is 9.90 Å². The number of aliphatic hydroxyl groups excluding tert-OH is 1. The van der Waals surface area contributed by atoms with Gasteiger partial charge in [0.15, 0.2) is 6.23 Å². The first-order valence-electron chi connectivity index (χ1n) is 11.8. The first kappa shape index (κ1) is 21.6. The minimum Gasteiger partial charge on any atom is -0.463 e. The molecule has 0 radical (unpaired) electrons. The summed E-state index contributed by atoms with van der Waals surface area (Å²) < 4.78 is 11.6. The second-order valence-electron chi connectivity index (χ2n) is 8.74. The summed E-state index contributed by atoms with van der Waals surface area (Å²) in [5.74, 6) is 0.427. The van der Waals surface area contributed by atoms with Crippen LogP contribution in [0.1, 0.15) is 36.1 Å². The van der Waals surface area contributed by atoms with Gasteiger partial charge in [-0.3, -0.25) is 4.79 Å². The summed E-state index contributed by atoms with van der Waals surface area (Å²) in [5, 5.41) is 9.23. The van der Waals surface area contributed by atoms with Crippen LogP contribution in [-0.4, -0.2) is 31.0 Å². The van der Waals surface area contributed by atoms with E-state index in [0.29, 0.717) is 0 Å². The molecule has 0 bridgehead atoms. The van der Waals surface area contributed by atoms with E-state index < -0.39 is 0 Å². The maximum atomic E-state index is 12.5. The van der Waals surface area contributed by atoms with Crippen molar-refractivity contribution in [3.8, 4) is 5.75 Å². The van der Waals surface area contributed by atoms with E-state index in [1.165, 1.54) is 34.8 Å².